The van der Waals surface area contributed by atoms with E-state index in [1.165, 1.54) is 4.90 Å². The molecule has 1 aromatic rings. The first-order chi connectivity index (χ1) is 8.22. The van der Waals surface area contributed by atoms with Gasteiger partial charge in [0.05, 0.1) is 19.2 Å². The van der Waals surface area contributed by atoms with Crippen LogP contribution in [-0.4, -0.2) is 29.9 Å². The first kappa shape index (κ1) is 11.6. The number of rotatable bonds is 2. The van der Waals surface area contributed by atoms with E-state index in [1.807, 2.05) is 30.3 Å². The van der Waals surface area contributed by atoms with Gasteiger partial charge in [0, 0.05) is 6.42 Å². The number of ether oxygens (including phenoxy) is 1. The van der Waals surface area contributed by atoms with E-state index in [4.69, 9.17) is 4.74 Å². The molecule has 1 saturated heterocycles. The third-order valence-electron chi connectivity index (χ3n) is 2.83. The number of Topliss-reactive ketones (excluding diaryl/α,β-unsaturated/α-hetero) is 1. The number of benzene rings is 1. The van der Waals surface area contributed by atoms with E-state index in [1.54, 1.807) is 6.92 Å². The number of amides is 1. The van der Waals surface area contributed by atoms with E-state index in [2.05, 4.69) is 0 Å². The predicted octanol–water partition coefficient (Wildman–Crippen LogP) is 2.16. The molecule has 1 aromatic carbocycles. The van der Waals surface area contributed by atoms with Gasteiger partial charge in [0.1, 0.15) is 0 Å². The van der Waals surface area contributed by atoms with Crippen LogP contribution in [0.3, 0.4) is 0 Å². The minimum Gasteiger partial charge on any atom is -0.450 e. The van der Waals surface area contributed by atoms with Gasteiger partial charge in [-0.2, -0.15) is 0 Å². The summed E-state index contributed by atoms with van der Waals surface area (Å²) in [6, 6.07) is 9.39. The Balaban J connectivity index is 2.20. The first-order valence-corrected chi connectivity index (χ1v) is 5.72. The molecule has 0 bridgehead atoms. The van der Waals surface area contributed by atoms with Gasteiger partial charge in [0.15, 0.2) is 5.78 Å². The molecule has 1 aliphatic rings. The summed E-state index contributed by atoms with van der Waals surface area (Å²) in [6.45, 7) is 2.23. The molecule has 1 aliphatic heterocycles. The summed E-state index contributed by atoms with van der Waals surface area (Å²) in [5.74, 6) is 0.0758. The number of carbonyl (C=O) groups excluding carboxylic acids is 2. The van der Waals surface area contributed by atoms with Gasteiger partial charge in [-0.1, -0.05) is 30.3 Å². The number of nitrogens with zero attached hydrogens (tertiary/aromatic N) is 1. The quantitative estimate of drug-likeness (QED) is 0.786. The maximum absolute atomic E-state index is 11.7. The van der Waals surface area contributed by atoms with Crippen molar-refractivity contribution >= 4 is 11.9 Å². The van der Waals surface area contributed by atoms with E-state index < -0.39 is 6.09 Å². The van der Waals surface area contributed by atoms with Crippen LogP contribution in [0.25, 0.3) is 0 Å². The first-order valence-electron chi connectivity index (χ1n) is 5.72. The minimum absolute atomic E-state index is 0.0758. The third-order valence-corrected chi connectivity index (χ3v) is 2.83. The molecule has 1 amide bonds. The van der Waals surface area contributed by atoms with Crippen LogP contribution in [0.15, 0.2) is 30.3 Å². The molecule has 1 atom stereocenters. The Morgan fingerprint density at radius 1 is 1.41 bits per heavy atom. The average molecular weight is 233 g/mol. The van der Waals surface area contributed by atoms with Gasteiger partial charge in [-0.3, -0.25) is 9.69 Å². The molecule has 0 aromatic heterocycles. The molecule has 0 N–H and O–H groups in total. The number of likely N-dealkylation sites (tertiary alicyclic amines) is 1. The highest BCUT2D eigenvalue weighted by Crippen LogP contribution is 2.30. The molecule has 4 heteroatoms. The Morgan fingerprint density at radius 2 is 2.12 bits per heavy atom. The van der Waals surface area contributed by atoms with Crippen LogP contribution in [0.4, 0.5) is 4.79 Å². The van der Waals surface area contributed by atoms with Crippen LogP contribution in [0, 0.1) is 0 Å². The fourth-order valence-corrected chi connectivity index (χ4v) is 2.06. The summed E-state index contributed by atoms with van der Waals surface area (Å²) in [5, 5.41) is 0. The lowest BCUT2D eigenvalue weighted by Crippen LogP contribution is -2.31. The highest BCUT2D eigenvalue weighted by atomic mass is 16.6. The summed E-state index contributed by atoms with van der Waals surface area (Å²) in [4.78, 5) is 24.7. The van der Waals surface area contributed by atoms with Crippen LogP contribution in [-0.2, 0) is 9.53 Å². The molecule has 90 valence electrons. The summed E-state index contributed by atoms with van der Waals surface area (Å²) in [6.07, 6.45) is -0.0322. The van der Waals surface area contributed by atoms with Gasteiger partial charge in [-0.15, -0.1) is 0 Å². The Bertz CT molecular complexity index is 416. The molecule has 0 aliphatic carbocycles. The number of hydrogen-bond acceptors (Lipinski definition) is 3. The molecule has 0 radical (unpaired) electrons. The second-order valence-corrected chi connectivity index (χ2v) is 4.00. The lowest BCUT2D eigenvalue weighted by atomic mass is 10.0. The highest BCUT2D eigenvalue weighted by Gasteiger charge is 2.35. The number of carbonyl (C=O) groups is 2. The fourth-order valence-electron chi connectivity index (χ4n) is 2.06. The van der Waals surface area contributed by atoms with Gasteiger partial charge >= 0.3 is 6.09 Å². The topological polar surface area (TPSA) is 46.6 Å². The SMILES string of the molecule is CCOC(=O)N1CC(=O)C[C@H]1c1ccccc1. The molecule has 4 nitrogen and oxygen atoms in total. The van der Waals surface area contributed by atoms with Crippen LogP contribution >= 0.6 is 0 Å². The van der Waals surface area contributed by atoms with Gasteiger partial charge in [-0.25, -0.2) is 4.79 Å². The summed E-state index contributed by atoms with van der Waals surface area (Å²) in [7, 11) is 0. The van der Waals surface area contributed by atoms with E-state index in [9.17, 15) is 9.59 Å². The average Bonchev–Trinajstić information content (AvgIpc) is 2.73. The van der Waals surface area contributed by atoms with Crippen LogP contribution in [0.2, 0.25) is 0 Å². The van der Waals surface area contributed by atoms with Crippen molar-refractivity contribution in [3.05, 3.63) is 35.9 Å². The molecular weight excluding hydrogens is 218 g/mol. The Morgan fingerprint density at radius 3 is 2.76 bits per heavy atom. The van der Waals surface area contributed by atoms with Crippen LogP contribution < -0.4 is 0 Å². The molecule has 0 spiro atoms. The van der Waals surface area contributed by atoms with E-state index >= 15 is 0 Å². The molecule has 0 saturated carbocycles. The largest absolute Gasteiger partial charge is 0.450 e. The molecule has 17 heavy (non-hydrogen) atoms. The van der Waals surface area contributed by atoms with Gasteiger partial charge in [-0.05, 0) is 12.5 Å². The maximum atomic E-state index is 11.7. The standard InChI is InChI=1S/C13H15NO3/c1-2-17-13(16)14-9-11(15)8-12(14)10-6-4-3-5-7-10/h3-7,12H,2,8-9H2,1H3/t12-/m0/s1. The third kappa shape index (κ3) is 2.46. The van der Waals surface area contributed by atoms with Crippen molar-refractivity contribution in [2.45, 2.75) is 19.4 Å². The Hall–Kier alpha value is -1.84. The minimum atomic E-state index is -0.410. The van der Waals surface area contributed by atoms with Gasteiger partial charge in [0.2, 0.25) is 0 Å². The summed E-state index contributed by atoms with van der Waals surface area (Å²) in [5.41, 5.74) is 0.978. The molecule has 1 heterocycles. The zero-order valence-corrected chi connectivity index (χ0v) is 9.76. The maximum Gasteiger partial charge on any atom is 0.410 e. The van der Waals surface area contributed by atoms with Crippen molar-refractivity contribution < 1.29 is 14.3 Å². The monoisotopic (exact) mass is 233 g/mol. The van der Waals surface area contributed by atoms with Crippen molar-refractivity contribution in [1.82, 2.24) is 4.90 Å². The van der Waals surface area contributed by atoms with Crippen molar-refractivity contribution in [3.8, 4) is 0 Å². The number of ketones is 1. The van der Waals surface area contributed by atoms with Crippen molar-refractivity contribution in [2.24, 2.45) is 0 Å². The van der Waals surface area contributed by atoms with Gasteiger partial charge < -0.3 is 4.74 Å². The molecular formula is C13H15NO3. The lowest BCUT2D eigenvalue weighted by Gasteiger charge is -2.23. The van der Waals surface area contributed by atoms with E-state index in [0.717, 1.165) is 5.56 Å². The Labute approximate surface area is 100 Å². The second kappa shape index (κ2) is 4.99. The van der Waals surface area contributed by atoms with E-state index in [0.29, 0.717) is 13.0 Å². The Kier molecular flexibility index (Phi) is 3.42. The van der Waals surface area contributed by atoms with Crippen LogP contribution in [0.1, 0.15) is 24.9 Å². The van der Waals surface area contributed by atoms with Crippen molar-refractivity contribution in [1.29, 1.82) is 0 Å². The molecule has 2 rings (SSSR count). The lowest BCUT2D eigenvalue weighted by molar-refractivity contribution is -0.116. The normalized spacial score (nSPS) is 19.5. The zero-order chi connectivity index (χ0) is 12.3. The van der Waals surface area contributed by atoms with Crippen molar-refractivity contribution in [2.75, 3.05) is 13.2 Å². The number of hydrogen-bond donors (Lipinski definition) is 0. The van der Waals surface area contributed by atoms with Crippen LogP contribution in [0.5, 0.6) is 0 Å². The van der Waals surface area contributed by atoms with Crippen molar-refractivity contribution in [3.63, 3.8) is 0 Å². The van der Waals surface area contributed by atoms with E-state index in [-0.39, 0.29) is 18.4 Å². The zero-order valence-electron chi connectivity index (χ0n) is 9.76. The highest BCUT2D eigenvalue weighted by molar-refractivity contribution is 5.88. The smallest absolute Gasteiger partial charge is 0.410 e. The fraction of sp³-hybridized carbons (Fsp3) is 0.385. The molecule has 1 fully saturated rings. The second-order valence-electron chi connectivity index (χ2n) is 4.00. The predicted molar refractivity (Wildman–Crippen MR) is 62.5 cm³/mol. The summed E-state index contributed by atoms with van der Waals surface area (Å²) >= 11 is 0. The van der Waals surface area contributed by atoms with Gasteiger partial charge in [0.25, 0.3) is 0 Å². The summed E-state index contributed by atoms with van der Waals surface area (Å²) < 4.78 is 4.96. The molecule has 0 unspecified atom stereocenters.